The summed E-state index contributed by atoms with van der Waals surface area (Å²) < 4.78 is 18.8. The molecule has 1 N–H and O–H groups in total. The zero-order chi connectivity index (χ0) is 19.3. The molecular formula is C21H22N4O3. The Morgan fingerprint density at radius 2 is 2.32 bits per heavy atom. The molecule has 2 aromatic heterocycles. The average Bonchev–Trinajstić information content (AvgIpc) is 3.38. The molecule has 7 nitrogen and oxygen atoms in total. The molecule has 7 heteroatoms. The lowest BCUT2D eigenvalue weighted by Crippen LogP contribution is -2.19. The molecule has 1 aliphatic heterocycles. The molecule has 1 aliphatic rings. The number of nitrogens with zero attached hydrogens (tertiary/aromatic N) is 3. The van der Waals surface area contributed by atoms with E-state index in [2.05, 4.69) is 16.2 Å². The quantitative estimate of drug-likeness (QED) is 0.638. The van der Waals surface area contributed by atoms with Crippen molar-refractivity contribution in [1.82, 2.24) is 14.4 Å². The topological polar surface area (TPSA) is 69.9 Å². The van der Waals surface area contributed by atoms with Crippen LogP contribution in [0.15, 0.2) is 36.8 Å². The highest BCUT2D eigenvalue weighted by Gasteiger charge is 2.20. The van der Waals surface area contributed by atoms with E-state index < -0.39 is 0 Å². The van der Waals surface area contributed by atoms with Gasteiger partial charge in [0.05, 0.1) is 19.4 Å². The summed E-state index contributed by atoms with van der Waals surface area (Å²) in [6.07, 6.45) is 13.0. The third-order valence-corrected chi connectivity index (χ3v) is 4.70. The van der Waals surface area contributed by atoms with E-state index in [-0.39, 0.29) is 12.7 Å². The number of ether oxygens (including phenoxy) is 3. The minimum absolute atomic E-state index is 0.184. The summed E-state index contributed by atoms with van der Waals surface area (Å²) in [7, 11) is 1.60. The van der Waals surface area contributed by atoms with Gasteiger partial charge in [0.1, 0.15) is 18.1 Å². The van der Waals surface area contributed by atoms with Gasteiger partial charge in [-0.25, -0.2) is 4.98 Å². The fourth-order valence-corrected chi connectivity index (χ4v) is 3.35. The van der Waals surface area contributed by atoms with Crippen molar-refractivity contribution >= 4 is 11.5 Å². The molecule has 0 saturated carbocycles. The second-order valence-corrected chi connectivity index (χ2v) is 6.49. The molecule has 0 aliphatic carbocycles. The maximum atomic E-state index is 5.74. The summed E-state index contributed by atoms with van der Waals surface area (Å²) >= 11 is 0. The summed E-state index contributed by atoms with van der Waals surface area (Å²) in [5, 5.41) is 3.51. The van der Waals surface area contributed by atoms with Crippen molar-refractivity contribution in [3.05, 3.63) is 36.8 Å². The summed E-state index contributed by atoms with van der Waals surface area (Å²) in [6.45, 7) is 1.74. The maximum Gasteiger partial charge on any atom is 0.162 e. The van der Waals surface area contributed by atoms with Crippen LogP contribution in [0, 0.1) is 12.3 Å². The van der Waals surface area contributed by atoms with Crippen LogP contribution < -0.4 is 14.8 Å². The van der Waals surface area contributed by atoms with Crippen molar-refractivity contribution in [2.45, 2.75) is 18.9 Å². The number of nitrogens with one attached hydrogen (secondary N) is 1. The fraction of sp³-hybridized carbons (Fsp3) is 0.333. The van der Waals surface area contributed by atoms with E-state index in [1.165, 1.54) is 0 Å². The number of fused-ring (bicyclic) bond motifs is 1. The van der Waals surface area contributed by atoms with Gasteiger partial charge in [-0.15, -0.1) is 6.42 Å². The Balaban J connectivity index is 1.71. The highest BCUT2D eigenvalue weighted by atomic mass is 16.5. The van der Waals surface area contributed by atoms with Gasteiger partial charge in [-0.2, -0.15) is 0 Å². The summed E-state index contributed by atoms with van der Waals surface area (Å²) in [5.41, 5.74) is 2.48. The Labute approximate surface area is 163 Å². The molecule has 0 radical (unpaired) electrons. The van der Waals surface area contributed by atoms with Gasteiger partial charge in [0.25, 0.3) is 0 Å². The number of anilines is 1. The van der Waals surface area contributed by atoms with Gasteiger partial charge in [0.2, 0.25) is 0 Å². The molecular weight excluding hydrogens is 356 g/mol. The number of methoxy groups -OCH3 is 1. The summed E-state index contributed by atoms with van der Waals surface area (Å²) in [6, 6.07) is 5.69. The zero-order valence-electron chi connectivity index (χ0n) is 15.7. The van der Waals surface area contributed by atoms with E-state index in [1.54, 1.807) is 19.5 Å². The molecule has 28 heavy (non-hydrogen) atoms. The number of benzene rings is 1. The molecule has 4 rings (SSSR count). The highest BCUT2D eigenvalue weighted by Crippen LogP contribution is 2.35. The highest BCUT2D eigenvalue weighted by molar-refractivity contribution is 5.77. The number of rotatable bonds is 7. The molecule has 0 amide bonds. The second-order valence-electron chi connectivity index (χ2n) is 6.49. The van der Waals surface area contributed by atoms with Crippen LogP contribution in [-0.2, 0) is 4.74 Å². The zero-order valence-corrected chi connectivity index (χ0v) is 15.7. The largest absolute Gasteiger partial charge is 0.493 e. The lowest BCUT2D eigenvalue weighted by molar-refractivity contribution is 0.120. The molecule has 1 aromatic carbocycles. The van der Waals surface area contributed by atoms with Crippen LogP contribution in [0.2, 0.25) is 0 Å². The first-order valence-corrected chi connectivity index (χ1v) is 9.22. The average molecular weight is 378 g/mol. The number of hydrogen-bond acceptors (Lipinski definition) is 6. The van der Waals surface area contributed by atoms with Gasteiger partial charge >= 0.3 is 0 Å². The standard InChI is InChI=1S/C21H22N4O3/c1-3-10-28-17-7-6-15(12-18(17)26-2)20-21(23-13-16-5-4-11-27-16)25-9-8-22-14-19(25)24-20/h1,6-9,12,14,16,23H,4-5,10-11,13H2,2H3/t16-/m0/s1. The Hall–Kier alpha value is -3.24. The normalized spacial score (nSPS) is 16.1. The van der Waals surface area contributed by atoms with Crippen LogP contribution in [0.4, 0.5) is 5.82 Å². The maximum absolute atomic E-state index is 5.74. The summed E-state index contributed by atoms with van der Waals surface area (Å²) in [4.78, 5) is 8.94. The van der Waals surface area contributed by atoms with Gasteiger partial charge in [-0.1, -0.05) is 5.92 Å². The molecule has 1 saturated heterocycles. The first-order valence-electron chi connectivity index (χ1n) is 9.22. The Morgan fingerprint density at radius 3 is 3.11 bits per heavy atom. The van der Waals surface area contributed by atoms with E-state index in [9.17, 15) is 0 Å². The molecule has 144 valence electrons. The predicted octanol–water partition coefficient (Wildman–Crippen LogP) is 3.01. The van der Waals surface area contributed by atoms with E-state index in [1.807, 2.05) is 28.8 Å². The predicted molar refractivity (Wildman–Crippen MR) is 107 cm³/mol. The number of imidazole rings is 1. The first kappa shape index (κ1) is 18.1. The van der Waals surface area contributed by atoms with Crippen molar-refractivity contribution in [3.8, 4) is 35.1 Å². The Bertz CT molecular complexity index is 1000. The van der Waals surface area contributed by atoms with Gasteiger partial charge in [0, 0.05) is 31.1 Å². The lowest BCUT2D eigenvalue weighted by Gasteiger charge is -2.14. The van der Waals surface area contributed by atoms with Crippen LogP contribution in [0.5, 0.6) is 11.5 Å². The molecule has 1 fully saturated rings. The van der Waals surface area contributed by atoms with Crippen molar-refractivity contribution in [3.63, 3.8) is 0 Å². The van der Waals surface area contributed by atoms with E-state index >= 15 is 0 Å². The smallest absolute Gasteiger partial charge is 0.162 e. The molecule has 3 aromatic rings. The van der Waals surface area contributed by atoms with E-state index in [0.29, 0.717) is 11.5 Å². The fourth-order valence-electron chi connectivity index (χ4n) is 3.35. The number of aromatic nitrogens is 3. The van der Waals surface area contributed by atoms with Gasteiger partial charge in [0.15, 0.2) is 17.1 Å². The van der Waals surface area contributed by atoms with Crippen molar-refractivity contribution in [2.24, 2.45) is 0 Å². The van der Waals surface area contributed by atoms with Crippen LogP contribution >= 0.6 is 0 Å². The third-order valence-electron chi connectivity index (χ3n) is 4.70. The van der Waals surface area contributed by atoms with Crippen LogP contribution in [0.25, 0.3) is 16.9 Å². The third kappa shape index (κ3) is 3.59. The molecule has 0 unspecified atom stereocenters. The van der Waals surface area contributed by atoms with E-state index in [4.69, 9.17) is 25.6 Å². The SMILES string of the molecule is C#CCOc1ccc(-c2nc3cnccn3c2NC[C@@H]2CCCO2)cc1OC. The van der Waals surface area contributed by atoms with Gasteiger partial charge in [-0.3, -0.25) is 9.38 Å². The van der Waals surface area contributed by atoms with E-state index in [0.717, 1.165) is 48.7 Å². The van der Waals surface area contributed by atoms with Gasteiger partial charge < -0.3 is 19.5 Å². The van der Waals surface area contributed by atoms with Crippen LogP contribution in [-0.4, -0.2) is 47.3 Å². The monoisotopic (exact) mass is 378 g/mol. The molecule has 1 atom stereocenters. The Kier molecular flexibility index (Phi) is 5.31. The minimum atomic E-state index is 0.184. The molecule has 0 bridgehead atoms. The minimum Gasteiger partial charge on any atom is -0.493 e. The molecule has 3 heterocycles. The number of terminal acetylenes is 1. The van der Waals surface area contributed by atoms with Gasteiger partial charge in [-0.05, 0) is 31.0 Å². The van der Waals surface area contributed by atoms with Crippen LogP contribution in [0.3, 0.4) is 0 Å². The second kappa shape index (κ2) is 8.19. The van der Waals surface area contributed by atoms with Crippen LogP contribution in [0.1, 0.15) is 12.8 Å². The number of hydrogen-bond donors (Lipinski definition) is 1. The lowest BCUT2D eigenvalue weighted by atomic mass is 10.1. The van der Waals surface area contributed by atoms with Crippen molar-refractivity contribution < 1.29 is 14.2 Å². The van der Waals surface area contributed by atoms with Crippen molar-refractivity contribution in [2.75, 3.05) is 32.2 Å². The van der Waals surface area contributed by atoms with Crippen molar-refractivity contribution in [1.29, 1.82) is 0 Å². The molecule has 0 spiro atoms. The summed E-state index contributed by atoms with van der Waals surface area (Å²) in [5.74, 6) is 4.56. The first-order chi connectivity index (χ1) is 13.8. The Morgan fingerprint density at radius 1 is 1.39 bits per heavy atom.